The Morgan fingerprint density at radius 1 is 0.885 bits per heavy atom. The van der Waals surface area contributed by atoms with Gasteiger partial charge in [-0.05, 0) is 30.3 Å². The fourth-order valence-corrected chi connectivity index (χ4v) is 4.16. The van der Waals surface area contributed by atoms with Gasteiger partial charge in [-0.25, -0.2) is 0 Å². The lowest BCUT2D eigenvalue weighted by molar-refractivity contribution is 0.100. The Morgan fingerprint density at radius 3 is 2.19 bits per heavy atom. The first-order valence-corrected chi connectivity index (χ1v) is 9.04. The molecule has 4 rings (SSSR count). The van der Waals surface area contributed by atoms with Crippen LogP contribution in [0.4, 0.5) is 0 Å². The number of primary amides is 1. The van der Waals surface area contributed by atoms with E-state index in [-0.39, 0.29) is 0 Å². The van der Waals surface area contributed by atoms with E-state index < -0.39 is 5.91 Å². The number of rotatable bonds is 3. The Hall–Kier alpha value is -2.20. The zero-order valence-corrected chi connectivity index (χ0v) is 15.7. The predicted octanol–water partition coefficient (Wildman–Crippen LogP) is 5.90. The molecule has 0 spiro atoms. The lowest BCUT2D eigenvalue weighted by Gasteiger charge is -2.12. The Balaban J connectivity index is 2.11. The molecular weight excluding hydrogens is 391 g/mol. The van der Waals surface area contributed by atoms with E-state index >= 15 is 0 Å². The molecule has 1 amide bonds. The highest BCUT2D eigenvalue weighted by Gasteiger charge is 2.19. The summed E-state index contributed by atoms with van der Waals surface area (Å²) in [5.41, 5.74) is 8.50. The normalized spacial score (nSPS) is 11.3. The quantitative estimate of drug-likeness (QED) is 0.455. The highest BCUT2D eigenvalue weighted by molar-refractivity contribution is 6.37. The summed E-state index contributed by atoms with van der Waals surface area (Å²) in [4.78, 5) is 12.0. The van der Waals surface area contributed by atoms with E-state index in [1.165, 1.54) is 0 Å². The van der Waals surface area contributed by atoms with Crippen molar-refractivity contribution < 1.29 is 4.79 Å². The summed E-state index contributed by atoms with van der Waals surface area (Å²) >= 11 is 19.2. The predicted molar refractivity (Wildman–Crippen MR) is 109 cm³/mol. The molecule has 4 aromatic rings. The van der Waals surface area contributed by atoms with Gasteiger partial charge < -0.3 is 10.3 Å². The fraction of sp³-hybridized carbons (Fsp3) is 0.0500. The number of para-hydroxylation sites is 1. The van der Waals surface area contributed by atoms with E-state index in [4.69, 9.17) is 40.5 Å². The molecule has 0 saturated carbocycles. The number of nitrogens with zero attached hydrogens (tertiary/aromatic N) is 1. The molecule has 1 aromatic heterocycles. The number of carbonyl (C=O) groups is 1. The van der Waals surface area contributed by atoms with Gasteiger partial charge in [-0.1, -0.05) is 59.1 Å². The van der Waals surface area contributed by atoms with Crippen molar-refractivity contribution in [2.45, 2.75) is 6.54 Å². The van der Waals surface area contributed by atoms with Gasteiger partial charge in [-0.15, -0.1) is 0 Å². The second-order valence-corrected chi connectivity index (χ2v) is 7.21. The second kappa shape index (κ2) is 6.51. The number of halogens is 3. The molecule has 0 aliphatic heterocycles. The Kier molecular flexibility index (Phi) is 4.31. The molecule has 0 unspecified atom stereocenters. The molecule has 0 atom stereocenters. The van der Waals surface area contributed by atoms with Crippen LogP contribution in [-0.2, 0) is 6.54 Å². The number of benzene rings is 3. The smallest absolute Gasteiger partial charge is 0.249 e. The number of carbonyl (C=O) groups excluding carboxylic acids is 1. The molecule has 0 fully saturated rings. The first kappa shape index (κ1) is 17.2. The highest BCUT2D eigenvalue weighted by Crippen LogP contribution is 2.37. The molecule has 26 heavy (non-hydrogen) atoms. The summed E-state index contributed by atoms with van der Waals surface area (Å²) < 4.78 is 2.02. The molecule has 6 heteroatoms. The van der Waals surface area contributed by atoms with Gasteiger partial charge in [-0.3, -0.25) is 4.79 Å². The molecule has 0 aliphatic carbocycles. The lowest BCUT2D eigenvalue weighted by atomic mass is 10.1. The van der Waals surface area contributed by atoms with E-state index in [0.717, 1.165) is 27.4 Å². The summed E-state index contributed by atoms with van der Waals surface area (Å²) in [6, 6.07) is 16.5. The standard InChI is InChI=1S/C20H13Cl3N2O/c21-14-6-3-7-15(22)13(14)10-25-17-9-2-5-12(20(24)26)18(17)11-4-1-8-16(23)19(11)25/h1-9H,10H2,(H2,24,26). The average molecular weight is 404 g/mol. The SMILES string of the molecule is NC(=O)c1cccc2c1c1cccc(Cl)c1n2Cc1c(Cl)cccc1Cl. The molecule has 130 valence electrons. The van der Waals surface area contributed by atoms with Gasteiger partial charge in [0.1, 0.15) is 0 Å². The van der Waals surface area contributed by atoms with Crippen molar-refractivity contribution in [1.29, 1.82) is 0 Å². The van der Waals surface area contributed by atoms with Gasteiger partial charge in [0.2, 0.25) is 5.91 Å². The van der Waals surface area contributed by atoms with Gasteiger partial charge in [-0.2, -0.15) is 0 Å². The van der Waals surface area contributed by atoms with Crippen LogP contribution in [0.3, 0.4) is 0 Å². The molecular formula is C20H13Cl3N2O. The molecule has 3 nitrogen and oxygen atoms in total. The van der Waals surface area contributed by atoms with Crippen molar-refractivity contribution in [1.82, 2.24) is 4.57 Å². The average Bonchev–Trinajstić information content (AvgIpc) is 2.93. The minimum atomic E-state index is -0.481. The van der Waals surface area contributed by atoms with Gasteiger partial charge in [0, 0.05) is 31.9 Å². The zero-order valence-electron chi connectivity index (χ0n) is 13.5. The van der Waals surface area contributed by atoms with Crippen LogP contribution >= 0.6 is 34.8 Å². The van der Waals surface area contributed by atoms with Crippen LogP contribution in [0.25, 0.3) is 21.8 Å². The molecule has 3 aromatic carbocycles. The Bertz CT molecular complexity index is 1160. The highest BCUT2D eigenvalue weighted by atomic mass is 35.5. The van der Waals surface area contributed by atoms with E-state index in [9.17, 15) is 4.79 Å². The van der Waals surface area contributed by atoms with Gasteiger partial charge in [0.15, 0.2) is 0 Å². The first-order valence-electron chi connectivity index (χ1n) is 7.91. The summed E-state index contributed by atoms with van der Waals surface area (Å²) in [5.74, 6) is -0.481. The third kappa shape index (κ3) is 2.64. The Labute approximate surface area is 164 Å². The molecule has 0 bridgehead atoms. The van der Waals surface area contributed by atoms with Crippen LogP contribution in [0.2, 0.25) is 15.1 Å². The maximum absolute atomic E-state index is 12.0. The van der Waals surface area contributed by atoms with Crippen molar-refractivity contribution in [3.8, 4) is 0 Å². The van der Waals surface area contributed by atoms with Crippen LogP contribution in [0, 0.1) is 0 Å². The van der Waals surface area contributed by atoms with Crippen LogP contribution in [0.15, 0.2) is 54.6 Å². The van der Waals surface area contributed by atoms with Crippen LogP contribution in [0.1, 0.15) is 15.9 Å². The maximum atomic E-state index is 12.0. The largest absolute Gasteiger partial charge is 0.366 e. The van der Waals surface area contributed by atoms with Crippen molar-refractivity contribution in [2.75, 3.05) is 0 Å². The van der Waals surface area contributed by atoms with Gasteiger partial charge in [0.25, 0.3) is 0 Å². The van der Waals surface area contributed by atoms with Crippen LogP contribution < -0.4 is 5.73 Å². The van der Waals surface area contributed by atoms with E-state index in [1.54, 1.807) is 30.3 Å². The van der Waals surface area contributed by atoms with Crippen molar-refractivity contribution >= 4 is 62.5 Å². The number of nitrogens with two attached hydrogens (primary N) is 1. The van der Waals surface area contributed by atoms with Gasteiger partial charge >= 0.3 is 0 Å². The maximum Gasteiger partial charge on any atom is 0.249 e. The van der Waals surface area contributed by atoms with Gasteiger partial charge in [0.05, 0.1) is 22.6 Å². The molecule has 0 radical (unpaired) electrons. The number of aromatic nitrogens is 1. The summed E-state index contributed by atoms with van der Waals surface area (Å²) in [7, 11) is 0. The van der Waals surface area contributed by atoms with Crippen molar-refractivity contribution in [3.05, 3.63) is 80.8 Å². The number of fused-ring (bicyclic) bond motifs is 3. The van der Waals surface area contributed by atoms with E-state index in [1.807, 2.05) is 28.8 Å². The molecule has 0 saturated heterocycles. The summed E-state index contributed by atoms with van der Waals surface area (Å²) in [6.45, 7) is 0.421. The van der Waals surface area contributed by atoms with Crippen molar-refractivity contribution in [3.63, 3.8) is 0 Å². The third-order valence-corrected chi connectivity index (χ3v) is 5.52. The second-order valence-electron chi connectivity index (χ2n) is 5.99. The monoisotopic (exact) mass is 402 g/mol. The summed E-state index contributed by atoms with van der Waals surface area (Å²) in [5, 5.41) is 3.37. The third-order valence-electron chi connectivity index (χ3n) is 4.50. The van der Waals surface area contributed by atoms with Crippen LogP contribution in [-0.4, -0.2) is 10.5 Å². The van der Waals surface area contributed by atoms with Crippen molar-refractivity contribution in [2.24, 2.45) is 5.73 Å². The number of amides is 1. The minimum absolute atomic E-state index is 0.421. The minimum Gasteiger partial charge on any atom is -0.366 e. The van der Waals surface area contributed by atoms with E-state index in [2.05, 4.69) is 0 Å². The first-order chi connectivity index (χ1) is 12.5. The van der Waals surface area contributed by atoms with E-state index in [0.29, 0.717) is 27.2 Å². The fourth-order valence-electron chi connectivity index (χ4n) is 3.37. The molecule has 0 aliphatic rings. The van der Waals surface area contributed by atoms with Crippen LogP contribution in [0.5, 0.6) is 0 Å². The topological polar surface area (TPSA) is 48.0 Å². The summed E-state index contributed by atoms with van der Waals surface area (Å²) in [6.07, 6.45) is 0. The lowest BCUT2D eigenvalue weighted by Crippen LogP contribution is -2.11. The number of hydrogen-bond donors (Lipinski definition) is 1. The molecule has 2 N–H and O–H groups in total. The Morgan fingerprint density at radius 2 is 1.50 bits per heavy atom. The molecule has 1 heterocycles. The number of hydrogen-bond acceptors (Lipinski definition) is 1. The zero-order chi connectivity index (χ0) is 18.4.